The van der Waals surface area contributed by atoms with E-state index in [2.05, 4.69) is 20.6 Å². The molecule has 1 atom stereocenters. The minimum Gasteiger partial charge on any atom is -0.346 e. The van der Waals surface area contributed by atoms with Gasteiger partial charge in [0.05, 0.1) is 22.5 Å². The molecule has 11 heteroatoms. The molecule has 0 saturated carbocycles. The Morgan fingerprint density at radius 1 is 1.06 bits per heavy atom. The summed E-state index contributed by atoms with van der Waals surface area (Å²) >= 11 is 0. The average molecular weight is 495 g/mol. The van der Waals surface area contributed by atoms with E-state index in [-0.39, 0.29) is 39.2 Å². The van der Waals surface area contributed by atoms with Crippen LogP contribution in [0.15, 0.2) is 71.5 Å². The molecule has 7 nitrogen and oxygen atoms in total. The maximum Gasteiger partial charge on any atom is 0.416 e. The van der Waals surface area contributed by atoms with Gasteiger partial charge in [0.15, 0.2) is 5.65 Å². The minimum absolute atomic E-state index is 0.0177. The number of benzene rings is 3. The number of rotatable bonds is 4. The number of H-pyrrole nitrogens is 1. The summed E-state index contributed by atoms with van der Waals surface area (Å²) in [5, 5.41) is 9.76. The van der Waals surface area contributed by atoms with Crippen molar-refractivity contribution in [3.05, 3.63) is 99.6 Å². The van der Waals surface area contributed by atoms with Crippen LogP contribution in [0.2, 0.25) is 0 Å². The van der Waals surface area contributed by atoms with E-state index in [1.807, 2.05) is 0 Å². The number of aromatic nitrogens is 4. The maximum absolute atomic E-state index is 13.2. The van der Waals surface area contributed by atoms with Crippen molar-refractivity contribution in [3.8, 4) is 11.3 Å². The highest BCUT2D eigenvalue weighted by molar-refractivity contribution is 5.98. The van der Waals surface area contributed by atoms with Crippen LogP contribution in [0.1, 0.15) is 34.5 Å². The fourth-order valence-electron chi connectivity index (χ4n) is 3.92. The number of hydrogen-bond acceptors (Lipinski definition) is 4. The highest BCUT2D eigenvalue weighted by Crippen LogP contribution is 2.32. The minimum atomic E-state index is -4.55. The molecule has 2 aromatic heterocycles. The van der Waals surface area contributed by atoms with Gasteiger partial charge in [-0.05, 0) is 55.0 Å². The van der Waals surface area contributed by atoms with Crippen molar-refractivity contribution in [2.75, 3.05) is 0 Å². The Bertz CT molecular complexity index is 1670. The number of nitrogens with one attached hydrogen (secondary N) is 2. The van der Waals surface area contributed by atoms with Gasteiger partial charge in [-0.3, -0.25) is 9.59 Å². The molecule has 2 N–H and O–H groups in total. The van der Waals surface area contributed by atoms with E-state index in [0.717, 1.165) is 12.1 Å². The zero-order valence-corrected chi connectivity index (χ0v) is 18.6. The maximum atomic E-state index is 13.2. The van der Waals surface area contributed by atoms with Gasteiger partial charge >= 0.3 is 6.18 Å². The van der Waals surface area contributed by atoms with E-state index < -0.39 is 29.2 Å². The standard InChI is InChI=1S/C25H17F4N5O2/c1-13(14-5-8-18(26)9-6-14)30-23(35)16-7-10-19-20(12-16)34-22(31-24(19)36)21(32-33-34)15-3-2-4-17(11-15)25(27,28)29/h2-13,33H,1H3,(H,30,35)/t13-/m0/s1. The predicted molar refractivity (Wildman–Crippen MR) is 124 cm³/mol. The van der Waals surface area contributed by atoms with Gasteiger partial charge in [0.25, 0.3) is 11.5 Å². The number of halogens is 4. The number of carbonyl (C=O) groups is 1. The van der Waals surface area contributed by atoms with Crippen molar-refractivity contribution in [3.63, 3.8) is 0 Å². The molecular weight excluding hydrogens is 478 g/mol. The summed E-state index contributed by atoms with van der Waals surface area (Å²) in [5.41, 5.74) is -0.0814. The van der Waals surface area contributed by atoms with Crippen LogP contribution >= 0.6 is 0 Å². The molecule has 0 saturated heterocycles. The molecule has 2 heterocycles. The Balaban J connectivity index is 1.55. The van der Waals surface area contributed by atoms with Crippen LogP contribution in [-0.2, 0) is 6.18 Å². The highest BCUT2D eigenvalue weighted by atomic mass is 19.4. The summed E-state index contributed by atoms with van der Waals surface area (Å²) in [5.74, 6) is -0.830. The molecule has 36 heavy (non-hydrogen) atoms. The van der Waals surface area contributed by atoms with E-state index in [0.29, 0.717) is 5.56 Å². The van der Waals surface area contributed by atoms with Crippen LogP contribution < -0.4 is 10.9 Å². The molecule has 0 aliphatic carbocycles. The van der Waals surface area contributed by atoms with Gasteiger partial charge in [0, 0.05) is 11.1 Å². The zero-order chi connectivity index (χ0) is 25.6. The summed E-state index contributed by atoms with van der Waals surface area (Å²) < 4.78 is 54.1. The molecule has 5 rings (SSSR count). The van der Waals surface area contributed by atoms with Crippen molar-refractivity contribution in [1.82, 2.24) is 25.1 Å². The molecule has 182 valence electrons. The predicted octanol–water partition coefficient (Wildman–Crippen LogP) is 4.89. The second-order valence-corrected chi connectivity index (χ2v) is 8.19. The van der Waals surface area contributed by atoms with Gasteiger partial charge in [-0.1, -0.05) is 24.3 Å². The van der Waals surface area contributed by atoms with E-state index in [4.69, 9.17) is 0 Å². The summed E-state index contributed by atoms with van der Waals surface area (Å²) in [6, 6.07) is 14.2. The lowest BCUT2D eigenvalue weighted by Gasteiger charge is -2.14. The Labute approximate surface area is 200 Å². The summed E-state index contributed by atoms with van der Waals surface area (Å²) in [4.78, 5) is 29.6. The lowest BCUT2D eigenvalue weighted by atomic mass is 10.1. The van der Waals surface area contributed by atoms with E-state index >= 15 is 0 Å². The molecule has 1 amide bonds. The topological polar surface area (TPSA) is 92.2 Å². The smallest absolute Gasteiger partial charge is 0.346 e. The van der Waals surface area contributed by atoms with E-state index in [9.17, 15) is 27.2 Å². The number of fused-ring (bicyclic) bond motifs is 3. The fraction of sp³-hybridized carbons (Fsp3) is 0.120. The second-order valence-electron chi connectivity index (χ2n) is 8.19. The molecule has 3 aromatic carbocycles. The van der Waals surface area contributed by atoms with Gasteiger partial charge in [0.2, 0.25) is 0 Å². The average Bonchev–Trinajstić information content (AvgIpc) is 3.27. The Hall–Kier alpha value is -4.54. The van der Waals surface area contributed by atoms with Gasteiger partial charge in [0.1, 0.15) is 11.5 Å². The van der Waals surface area contributed by atoms with Gasteiger partial charge in [-0.15, -0.1) is 0 Å². The second kappa shape index (κ2) is 8.59. The molecule has 0 aliphatic heterocycles. The van der Waals surface area contributed by atoms with Crippen molar-refractivity contribution in [2.45, 2.75) is 19.1 Å². The van der Waals surface area contributed by atoms with Crippen LogP contribution in [0.4, 0.5) is 17.6 Å². The van der Waals surface area contributed by atoms with Crippen molar-refractivity contribution in [2.24, 2.45) is 0 Å². The van der Waals surface area contributed by atoms with Crippen molar-refractivity contribution in [1.29, 1.82) is 0 Å². The molecule has 5 aromatic rings. The quantitative estimate of drug-likeness (QED) is 0.348. The molecule has 0 radical (unpaired) electrons. The van der Waals surface area contributed by atoms with Gasteiger partial charge in [-0.25, -0.2) is 14.1 Å². The van der Waals surface area contributed by atoms with Crippen LogP contribution in [0.3, 0.4) is 0 Å². The van der Waals surface area contributed by atoms with Crippen molar-refractivity contribution < 1.29 is 22.4 Å². The van der Waals surface area contributed by atoms with Crippen LogP contribution in [0.25, 0.3) is 27.8 Å². The summed E-state index contributed by atoms with van der Waals surface area (Å²) in [6.07, 6.45) is -4.55. The zero-order valence-electron chi connectivity index (χ0n) is 18.6. The molecule has 0 bridgehead atoms. The SMILES string of the molecule is C[C@H](NC(=O)c1ccc2c(=O)nc3c(-c4cccc(C(F)(F)F)c4)n[nH]n3c2c1)c1ccc(F)cc1. The Morgan fingerprint density at radius 3 is 2.53 bits per heavy atom. The summed E-state index contributed by atoms with van der Waals surface area (Å²) in [6.45, 7) is 1.75. The lowest BCUT2D eigenvalue weighted by Crippen LogP contribution is -2.26. The number of alkyl halides is 3. The third kappa shape index (κ3) is 4.19. The molecular formula is C25H17F4N5O2. The number of aromatic amines is 1. The number of nitrogens with zero attached hydrogens (tertiary/aromatic N) is 3. The van der Waals surface area contributed by atoms with E-state index in [1.54, 1.807) is 19.1 Å². The van der Waals surface area contributed by atoms with Crippen molar-refractivity contribution >= 4 is 22.5 Å². The lowest BCUT2D eigenvalue weighted by molar-refractivity contribution is -0.137. The largest absolute Gasteiger partial charge is 0.416 e. The first-order valence-electron chi connectivity index (χ1n) is 10.8. The fourth-order valence-corrected chi connectivity index (χ4v) is 3.92. The Morgan fingerprint density at radius 2 is 1.81 bits per heavy atom. The summed E-state index contributed by atoms with van der Waals surface area (Å²) in [7, 11) is 0. The monoisotopic (exact) mass is 495 g/mol. The molecule has 0 aliphatic rings. The number of carbonyl (C=O) groups excluding carboxylic acids is 1. The highest BCUT2D eigenvalue weighted by Gasteiger charge is 2.31. The third-order valence-electron chi connectivity index (χ3n) is 5.81. The molecule has 0 spiro atoms. The van der Waals surface area contributed by atoms with E-state index in [1.165, 1.54) is 47.0 Å². The number of hydrogen-bond donors (Lipinski definition) is 2. The molecule has 0 fully saturated rings. The molecule has 0 unspecified atom stereocenters. The van der Waals surface area contributed by atoms with Crippen LogP contribution in [0.5, 0.6) is 0 Å². The van der Waals surface area contributed by atoms with Crippen LogP contribution in [-0.4, -0.2) is 25.7 Å². The first-order valence-corrected chi connectivity index (χ1v) is 10.8. The third-order valence-corrected chi connectivity index (χ3v) is 5.81. The van der Waals surface area contributed by atoms with Gasteiger partial charge < -0.3 is 5.32 Å². The number of amides is 1. The van der Waals surface area contributed by atoms with Gasteiger partial charge in [-0.2, -0.15) is 23.3 Å². The Kier molecular flexibility index (Phi) is 5.54. The van der Waals surface area contributed by atoms with Crippen LogP contribution in [0, 0.1) is 5.82 Å². The normalized spacial score (nSPS) is 12.7. The first-order chi connectivity index (χ1) is 17.1. The first kappa shape index (κ1) is 23.2.